The first-order valence-corrected chi connectivity index (χ1v) is 4.02. The van der Waals surface area contributed by atoms with E-state index in [2.05, 4.69) is 24.9 Å². The second kappa shape index (κ2) is 4.36. The predicted octanol–water partition coefficient (Wildman–Crippen LogP) is -0.888. The predicted molar refractivity (Wildman–Crippen MR) is 45.0 cm³/mol. The topological polar surface area (TPSA) is 96.0 Å². The van der Waals surface area contributed by atoms with Gasteiger partial charge in [-0.25, -0.2) is 10.2 Å². The van der Waals surface area contributed by atoms with Crippen LogP contribution in [0.4, 0.5) is 4.79 Å². The van der Waals surface area contributed by atoms with Gasteiger partial charge < -0.3 is 5.32 Å². The molecule has 0 radical (unpaired) electrons. The number of nitrogens with zero attached hydrogens (tertiary/aromatic N) is 2. The highest BCUT2D eigenvalue weighted by molar-refractivity contribution is 6.99. The molecular formula is C5H7N5O2S. The number of aromatic nitrogens is 2. The van der Waals surface area contributed by atoms with E-state index in [0.29, 0.717) is 0 Å². The highest BCUT2D eigenvalue weighted by Gasteiger charge is 2.08. The Morgan fingerprint density at radius 2 is 2.23 bits per heavy atom. The van der Waals surface area contributed by atoms with Crippen molar-refractivity contribution in [3.8, 4) is 0 Å². The Morgan fingerprint density at radius 3 is 2.77 bits per heavy atom. The van der Waals surface area contributed by atoms with Gasteiger partial charge in [-0.3, -0.25) is 10.2 Å². The van der Waals surface area contributed by atoms with Gasteiger partial charge in [-0.15, -0.1) is 0 Å². The Balaban J connectivity index is 2.39. The second-order valence-electron chi connectivity index (χ2n) is 1.95. The minimum atomic E-state index is -0.503. The van der Waals surface area contributed by atoms with Gasteiger partial charge in [-0.05, 0) is 0 Å². The van der Waals surface area contributed by atoms with Gasteiger partial charge in [-0.2, -0.15) is 8.75 Å². The lowest BCUT2D eigenvalue weighted by atomic mass is 10.5. The van der Waals surface area contributed by atoms with Crippen molar-refractivity contribution in [2.45, 2.75) is 0 Å². The molecule has 70 valence electrons. The molecule has 1 aromatic heterocycles. The number of hydrazine groups is 1. The highest BCUT2D eigenvalue weighted by Crippen LogP contribution is 1.92. The summed E-state index contributed by atoms with van der Waals surface area (Å²) in [6.07, 6.45) is 1.31. The normalized spacial score (nSPS) is 9.00. The van der Waals surface area contributed by atoms with Crippen LogP contribution in [0.2, 0.25) is 0 Å². The number of hydrogen-bond donors (Lipinski definition) is 3. The van der Waals surface area contributed by atoms with Gasteiger partial charge >= 0.3 is 6.03 Å². The third kappa shape index (κ3) is 2.67. The Bertz CT molecular complexity index is 298. The molecular weight excluding hydrogens is 194 g/mol. The van der Waals surface area contributed by atoms with Crippen molar-refractivity contribution in [2.24, 2.45) is 0 Å². The van der Waals surface area contributed by atoms with Crippen molar-refractivity contribution < 1.29 is 9.59 Å². The average Bonchev–Trinajstić information content (AvgIpc) is 2.66. The van der Waals surface area contributed by atoms with Crippen molar-refractivity contribution in [3.63, 3.8) is 0 Å². The standard InChI is InChI=1S/C5H7N5O2S/c1-6-5(12)9-8-4(11)3-2-7-13-10-3/h2H,1H3,(H,8,11)(H2,6,9,12). The van der Waals surface area contributed by atoms with Crippen LogP contribution in [0.1, 0.15) is 10.5 Å². The van der Waals surface area contributed by atoms with E-state index in [1.807, 2.05) is 0 Å². The van der Waals surface area contributed by atoms with Crippen LogP contribution < -0.4 is 16.2 Å². The average molecular weight is 201 g/mol. The summed E-state index contributed by atoms with van der Waals surface area (Å²) < 4.78 is 7.30. The summed E-state index contributed by atoms with van der Waals surface area (Å²) >= 11 is 0.919. The smallest absolute Gasteiger partial charge is 0.333 e. The van der Waals surface area contributed by atoms with Crippen LogP contribution in [-0.4, -0.2) is 27.7 Å². The molecule has 8 heteroatoms. The molecule has 0 aliphatic rings. The SMILES string of the molecule is CNC(=O)NNC(=O)c1cnsn1. The van der Waals surface area contributed by atoms with Crippen LogP contribution in [0.5, 0.6) is 0 Å². The summed E-state index contributed by atoms with van der Waals surface area (Å²) in [5.74, 6) is -0.502. The molecule has 0 atom stereocenters. The summed E-state index contributed by atoms with van der Waals surface area (Å²) in [6.45, 7) is 0. The molecule has 1 heterocycles. The largest absolute Gasteiger partial charge is 0.340 e. The van der Waals surface area contributed by atoms with Crippen LogP contribution in [0.25, 0.3) is 0 Å². The van der Waals surface area contributed by atoms with Gasteiger partial charge in [0.2, 0.25) is 0 Å². The van der Waals surface area contributed by atoms with E-state index < -0.39 is 11.9 Å². The van der Waals surface area contributed by atoms with Gasteiger partial charge in [0.15, 0.2) is 5.69 Å². The number of hydrogen-bond acceptors (Lipinski definition) is 5. The fraction of sp³-hybridized carbons (Fsp3) is 0.200. The molecule has 3 N–H and O–H groups in total. The number of urea groups is 1. The number of carbonyl (C=O) groups excluding carboxylic acids is 2. The van der Waals surface area contributed by atoms with Gasteiger partial charge in [0.25, 0.3) is 5.91 Å². The Kier molecular flexibility index (Phi) is 3.15. The lowest BCUT2D eigenvalue weighted by Gasteiger charge is -2.03. The fourth-order valence-corrected chi connectivity index (χ4v) is 0.917. The first kappa shape index (κ1) is 9.39. The molecule has 0 spiro atoms. The van der Waals surface area contributed by atoms with E-state index >= 15 is 0 Å². The quantitative estimate of drug-likeness (QED) is 0.514. The minimum Gasteiger partial charge on any atom is -0.340 e. The van der Waals surface area contributed by atoms with Crippen molar-refractivity contribution in [1.29, 1.82) is 0 Å². The summed E-state index contributed by atoms with van der Waals surface area (Å²) in [7, 11) is 1.44. The van der Waals surface area contributed by atoms with E-state index in [-0.39, 0.29) is 5.69 Å². The Morgan fingerprint density at radius 1 is 1.46 bits per heavy atom. The van der Waals surface area contributed by atoms with Crippen LogP contribution in [0.3, 0.4) is 0 Å². The van der Waals surface area contributed by atoms with Crippen molar-refractivity contribution in [1.82, 2.24) is 24.9 Å². The van der Waals surface area contributed by atoms with Crippen LogP contribution in [0.15, 0.2) is 6.20 Å². The summed E-state index contributed by atoms with van der Waals surface area (Å²) in [4.78, 5) is 21.7. The number of carbonyl (C=O) groups is 2. The van der Waals surface area contributed by atoms with E-state index in [9.17, 15) is 9.59 Å². The van der Waals surface area contributed by atoms with Crippen molar-refractivity contribution in [2.75, 3.05) is 7.05 Å². The molecule has 0 aliphatic carbocycles. The van der Waals surface area contributed by atoms with Crippen LogP contribution >= 0.6 is 11.7 Å². The molecule has 7 nitrogen and oxygen atoms in total. The maximum atomic E-state index is 11.1. The number of amides is 3. The Hall–Kier alpha value is -1.70. The summed E-state index contributed by atoms with van der Waals surface area (Å²) in [5.41, 5.74) is 4.41. The van der Waals surface area contributed by atoms with Crippen molar-refractivity contribution in [3.05, 3.63) is 11.9 Å². The third-order valence-corrected chi connectivity index (χ3v) is 1.59. The lowest BCUT2D eigenvalue weighted by Crippen LogP contribution is -2.45. The van der Waals surface area contributed by atoms with Crippen molar-refractivity contribution >= 4 is 23.7 Å². The second-order valence-corrected chi connectivity index (χ2v) is 2.51. The van der Waals surface area contributed by atoms with Crippen LogP contribution in [0, 0.1) is 0 Å². The summed E-state index contributed by atoms with van der Waals surface area (Å²) in [5, 5.41) is 2.27. The third-order valence-electron chi connectivity index (χ3n) is 1.11. The molecule has 1 aromatic rings. The molecule has 0 saturated heterocycles. The minimum absolute atomic E-state index is 0.168. The lowest BCUT2D eigenvalue weighted by molar-refractivity contribution is 0.0932. The molecule has 0 fully saturated rings. The monoisotopic (exact) mass is 201 g/mol. The van der Waals surface area contributed by atoms with Gasteiger partial charge in [-0.1, -0.05) is 0 Å². The highest BCUT2D eigenvalue weighted by atomic mass is 32.1. The molecule has 0 unspecified atom stereocenters. The maximum absolute atomic E-state index is 11.1. The fourth-order valence-electron chi connectivity index (χ4n) is 0.505. The zero-order valence-electron chi connectivity index (χ0n) is 6.70. The maximum Gasteiger partial charge on any atom is 0.333 e. The van der Waals surface area contributed by atoms with Gasteiger partial charge in [0, 0.05) is 7.05 Å². The zero-order valence-corrected chi connectivity index (χ0v) is 7.51. The van der Waals surface area contributed by atoms with E-state index in [1.165, 1.54) is 13.2 Å². The molecule has 0 aliphatic heterocycles. The Labute approximate surface area is 77.8 Å². The molecule has 0 aromatic carbocycles. The first-order valence-electron chi connectivity index (χ1n) is 3.29. The van der Waals surface area contributed by atoms with Crippen LogP contribution in [-0.2, 0) is 0 Å². The van der Waals surface area contributed by atoms with Gasteiger partial charge in [0.1, 0.15) is 0 Å². The number of nitrogens with one attached hydrogen (secondary N) is 3. The zero-order chi connectivity index (χ0) is 9.68. The first-order chi connectivity index (χ1) is 6.24. The number of rotatable bonds is 1. The molecule has 13 heavy (non-hydrogen) atoms. The van der Waals surface area contributed by atoms with Gasteiger partial charge in [0.05, 0.1) is 17.9 Å². The molecule has 0 bridgehead atoms. The molecule has 0 saturated carbocycles. The summed E-state index contributed by atoms with van der Waals surface area (Å²) in [6, 6.07) is -0.503. The van der Waals surface area contributed by atoms with E-state index in [0.717, 1.165) is 11.7 Å². The molecule has 3 amide bonds. The van der Waals surface area contributed by atoms with E-state index in [1.54, 1.807) is 0 Å². The molecule has 1 rings (SSSR count). The van der Waals surface area contributed by atoms with E-state index in [4.69, 9.17) is 0 Å².